The molecule has 0 saturated carbocycles. The van der Waals surface area contributed by atoms with Gasteiger partial charge in [0.15, 0.2) is 0 Å². The average Bonchev–Trinajstić information content (AvgIpc) is 3.48. The van der Waals surface area contributed by atoms with E-state index < -0.39 is 0 Å². The predicted molar refractivity (Wildman–Crippen MR) is 146 cm³/mol. The summed E-state index contributed by atoms with van der Waals surface area (Å²) < 4.78 is 6.13. The number of carbonyl (C=O) groups is 1. The number of ether oxygens (including phenoxy) is 1. The van der Waals surface area contributed by atoms with Crippen LogP contribution in [0.3, 0.4) is 0 Å². The van der Waals surface area contributed by atoms with Crippen molar-refractivity contribution in [1.29, 1.82) is 5.26 Å². The van der Waals surface area contributed by atoms with Crippen LogP contribution in [-0.2, 0) is 22.5 Å². The molecule has 0 fully saturated rings. The Bertz CT molecular complexity index is 1440. The smallest absolute Gasteiger partial charge is 0.226 e. The number of amides is 1. The zero-order chi connectivity index (χ0) is 24.9. The molecule has 1 amide bonds. The van der Waals surface area contributed by atoms with Gasteiger partial charge in [0, 0.05) is 43.6 Å². The third kappa shape index (κ3) is 5.33. The van der Waals surface area contributed by atoms with E-state index in [-0.39, 0.29) is 5.91 Å². The van der Waals surface area contributed by atoms with Crippen molar-refractivity contribution in [3.05, 3.63) is 58.5 Å². The number of hydrogen-bond acceptors (Lipinski definition) is 8. The number of hydrogen-bond donors (Lipinski definition) is 3. The lowest BCUT2D eigenvalue weighted by Crippen LogP contribution is -2.24. The van der Waals surface area contributed by atoms with Crippen LogP contribution in [0.2, 0.25) is 0 Å². The van der Waals surface area contributed by atoms with Gasteiger partial charge in [-0.25, -0.2) is 4.98 Å². The Morgan fingerprint density at radius 3 is 2.94 bits per heavy atom. The van der Waals surface area contributed by atoms with Gasteiger partial charge in [-0.3, -0.25) is 4.79 Å². The number of rotatable bonds is 9. The van der Waals surface area contributed by atoms with Gasteiger partial charge in [0.2, 0.25) is 5.91 Å². The SMILES string of the molecule is COCCNCCC(=O)Nc1sc2c(c1-c1nc3cc(-c4cccc(C#N)c4)ccc3s1)CCNC2. The molecule has 0 atom stereocenters. The molecule has 4 aromatic rings. The van der Waals surface area contributed by atoms with Crippen molar-refractivity contribution in [2.24, 2.45) is 0 Å². The van der Waals surface area contributed by atoms with Crippen molar-refractivity contribution in [3.8, 4) is 27.8 Å². The first kappa shape index (κ1) is 24.6. The second-order valence-electron chi connectivity index (χ2n) is 8.57. The number of benzene rings is 2. The highest BCUT2D eigenvalue weighted by atomic mass is 32.1. The average molecular weight is 518 g/mol. The highest BCUT2D eigenvalue weighted by molar-refractivity contribution is 7.23. The lowest BCUT2D eigenvalue weighted by molar-refractivity contribution is -0.116. The Morgan fingerprint density at radius 1 is 1.19 bits per heavy atom. The maximum atomic E-state index is 12.7. The van der Waals surface area contributed by atoms with Gasteiger partial charge in [-0.15, -0.1) is 22.7 Å². The lowest BCUT2D eigenvalue weighted by atomic mass is 10.0. The van der Waals surface area contributed by atoms with Crippen LogP contribution in [0.1, 0.15) is 22.4 Å². The maximum Gasteiger partial charge on any atom is 0.226 e. The second kappa shape index (κ2) is 11.3. The minimum atomic E-state index is -0.00602. The molecule has 1 aliphatic heterocycles. The summed E-state index contributed by atoms with van der Waals surface area (Å²) in [4.78, 5) is 19.0. The molecule has 7 nitrogen and oxygen atoms in total. The summed E-state index contributed by atoms with van der Waals surface area (Å²) in [5.41, 5.74) is 5.93. The Balaban J connectivity index is 1.44. The van der Waals surface area contributed by atoms with Crippen molar-refractivity contribution in [2.45, 2.75) is 19.4 Å². The standard InChI is InChI=1S/C27H27N5O2S2/c1-34-12-11-29-10-8-24(33)32-27-25(20-7-9-30-16-23(20)36-27)26-31-21-14-19(5-6-22(21)35-26)18-4-2-3-17(13-18)15-28/h2-6,13-14,29-30H,7-12,16H2,1H3,(H,32,33). The Morgan fingerprint density at radius 2 is 2.08 bits per heavy atom. The summed E-state index contributed by atoms with van der Waals surface area (Å²) in [6.45, 7) is 3.68. The zero-order valence-electron chi connectivity index (χ0n) is 20.0. The largest absolute Gasteiger partial charge is 0.383 e. The quantitative estimate of drug-likeness (QED) is 0.277. The molecular formula is C27H27N5O2S2. The van der Waals surface area contributed by atoms with Crippen LogP contribution in [0, 0.1) is 11.3 Å². The van der Waals surface area contributed by atoms with Crippen LogP contribution < -0.4 is 16.0 Å². The molecule has 0 saturated heterocycles. The molecule has 3 heterocycles. The summed E-state index contributed by atoms with van der Waals surface area (Å²) >= 11 is 3.30. The number of anilines is 1. The fourth-order valence-corrected chi connectivity index (χ4v) is 6.65. The molecule has 2 aromatic carbocycles. The fourth-order valence-electron chi connectivity index (χ4n) is 4.32. The fraction of sp³-hybridized carbons (Fsp3) is 0.296. The number of nitriles is 1. The van der Waals surface area contributed by atoms with E-state index in [1.54, 1.807) is 29.8 Å². The number of methoxy groups -OCH3 is 1. The first-order valence-corrected chi connectivity index (χ1v) is 13.6. The first-order valence-electron chi connectivity index (χ1n) is 11.9. The summed E-state index contributed by atoms with van der Waals surface area (Å²) in [7, 11) is 1.67. The normalized spacial score (nSPS) is 12.9. The summed E-state index contributed by atoms with van der Waals surface area (Å²) in [6.07, 6.45) is 1.31. The molecule has 0 aliphatic carbocycles. The number of nitrogens with one attached hydrogen (secondary N) is 3. The van der Waals surface area contributed by atoms with Crippen LogP contribution in [0.25, 0.3) is 31.9 Å². The van der Waals surface area contributed by atoms with Gasteiger partial charge in [0.1, 0.15) is 10.0 Å². The van der Waals surface area contributed by atoms with E-state index in [4.69, 9.17) is 9.72 Å². The van der Waals surface area contributed by atoms with E-state index in [2.05, 4.69) is 40.2 Å². The third-order valence-electron chi connectivity index (χ3n) is 6.12. The molecule has 3 N–H and O–H groups in total. The van der Waals surface area contributed by atoms with Gasteiger partial charge in [0.25, 0.3) is 0 Å². The van der Waals surface area contributed by atoms with Gasteiger partial charge >= 0.3 is 0 Å². The molecule has 0 unspecified atom stereocenters. The lowest BCUT2D eigenvalue weighted by Gasteiger charge is -2.13. The Kier molecular flexibility index (Phi) is 7.70. The minimum absolute atomic E-state index is 0.00602. The van der Waals surface area contributed by atoms with E-state index in [0.29, 0.717) is 25.1 Å². The van der Waals surface area contributed by atoms with Crippen LogP contribution in [0.4, 0.5) is 5.00 Å². The number of nitrogens with zero attached hydrogens (tertiary/aromatic N) is 2. The molecule has 184 valence electrons. The Hall–Kier alpha value is -3.13. The van der Waals surface area contributed by atoms with Crippen molar-refractivity contribution >= 4 is 43.8 Å². The van der Waals surface area contributed by atoms with Crippen LogP contribution >= 0.6 is 22.7 Å². The van der Waals surface area contributed by atoms with Gasteiger partial charge in [-0.1, -0.05) is 18.2 Å². The monoisotopic (exact) mass is 517 g/mol. The molecule has 5 rings (SSSR count). The van der Waals surface area contributed by atoms with Crippen LogP contribution in [0.15, 0.2) is 42.5 Å². The number of aromatic nitrogens is 1. The van der Waals surface area contributed by atoms with E-state index >= 15 is 0 Å². The molecule has 0 spiro atoms. The van der Waals surface area contributed by atoms with Crippen LogP contribution in [-0.4, -0.2) is 44.2 Å². The van der Waals surface area contributed by atoms with Gasteiger partial charge in [-0.05, 0) is 53.9 Å². The summed E-state index contributed by atoms with van der Waals surface area (Å²) in [5.74, 6) is -0.00602. The molecule has 9 heteroatoms. The topological polar surface area (TPSA) is 99.1 Å². The predicted octanol–water partition coefficient (Wildman–Crippen LogP) is 4.77. The molecule has 1 aliphatic rings. The number of thiazole rings is 1. The Labute approximate surface area is 218 Å². The number of carbonyl (C=O) groups excluding carboxylic acids is 1. The van der Waals surface area contributed by atoms with Crippen molar-refractivity contribution in [2.75, 3.05) is 38.7 Å². The van der Waals surface area contributed by atoms with E-state index in [9.17, 15) is 10.1 Å². The first-order chi connectivity index (χ1) is 17.7. The highest BCUT2D eigenvalue weighted by Gasteiger charge is 2.25. The van der Waals surface area contributed by atoms with Gasteiger partial charge < -0.3 is 20.7 Å². The van der Waals surface area contributed by atoms with Crippen molar-refractivity contribution in [3.63, 3.8) is 0 Å². The zero-order valence-corrected chi connectivity index (χ0v) is 21.7. The second-order valence-corrected chi connectivity index (χ2v) is 10.7. The maximum absolute atomic E-state index is 12.7. The van der Waals surface area contributed by atoms with E-state index in [0.717, 1.165) is 63.0 Å². The van der Waals surface area contributed by atoms with Crippen molar-refractivity contribution in [1.82, 2.24) is 15.6 Å². The molecule has 0 bridgehead atoms. The summed E-state index contributed by atoms with van der Waals surface area (Å²) in [5, 5.41) is 20.9. The molecule has 2 aromatic heterocycles. The molecular weight excluding hydrogens is 490 g/mol. The molecule has 36 heavy (non-hydrogen) atoms. The number of thiophene rings is 1. The molecule has 0 radical (unpaired) electrons. The highest BCUT2D eigenvalue weighted by Crippen LogP contribution is 2.45. The van der Waals surface area contributed by atoms with Crippen LogP contribution in [0.5, 0.6) is 0 Å². The van der Waals surface area contributed by atoms with Gasteiger partial charge in [0.05, 0.1) is 28.5 Å². The van der Waals surface area contributed by atoms with Crippen molar-refractivity contribution < 1.29 is 9.53 Å². The van der Waals surface area contributed by atoms with E-state index in [1.165, 1.54) is 10.4 Å². The summed E-state index contributed by atoms with van der Waals surface area (Å²) in [6, 6.07) is 16.1. The third-order valence-corrected chi connectivity index (χ3v) is 8.32. The van der Waals surface area contributed by atoms with E-state index in [1.807, 2.05) is 24.3 Å². The number of fused-ring (bicyclic) bond motifs is 2. The minimum Gasteiger partial charge on any atom is -0.383 e. The van der Waals surface area contributed by atoms with Gasteiger partial charge in [-0.2, -0.15) is 5.26 Å².